The molecule has 0 saturated carbocycles. The van der Waals surface area contributed by atoms with Gasteiger partial charge in [0.25, 0.3) is 0 Å². The number of esters is 4. The number of phosphoric acid groups is 2. The number of aliphatic hydroxyl groups excluding tert-OH is 1. The van der Waals surface area contributed by atoms with E-state index in [9.17, 15) is 43.2 Å². The fourth-order valence-corrected chi connectivity index (χ4v) is 13.1. The molecule has 0 heterocycles. The highest BCUT2D eigenvalue weighted by atomic mass is 31.2. The van der Waals surface area contributed by atoms with Crippen molar-refractivity contribution in [1.29, 1.82) is 0 Å². The quantitative estimate of drug-likeness (QED) is 0.0169. The van der Waals surface area contributed by atoms with Crippen molar-refractivity contribution in [3.8, 4) is 0 Å². The van der Waals surface area contributed by atoms with Crippen LogP contribution in [0.2, 0.25) is 0 Å². The highest BCUT2D eigenvalue weighted by molar-refractivity contribution is 7.47. The number of hydrogen-bond acceptors (Lipinski definition) is 15. The van der Waals surface area contributed by atoms with Crippen LogP contribution in [0.1, 0.15) is 387 Å². The molecule has 0 fully saturated rings. The molecule has 5 atom stereocenters. The molecule has 0 aliphatic rings. The monoisotopic (exact) mass is 1460 g/mol. The van der Waals surface area contributed by atoms with Crippen molar-refractivity contribution >= 4 is 39.5 Å². The van der Waals surface area contributed by atoms with Gasteiger partial charge in [0.05, 0.1) is 26.4 Å². The van der Waals surface area contributed by atoms with Gasteiger partial charge in [0.1, 0.15) is 19.3 Å². The highest BCUT2D eigenvalue weighted by Gasteiger charge is 2.30. The van der Waals surface area contributed by atoms with E-state index < -0.39 is 97.5 Å². The van der Waals surface area contributed by atoms with Crippen LogP contribution in [0.3, 0.4) is 0 Å². The molecule has 0 aromatic carbocycles. The lowest BCUT2D eigenvalue weighted by molar-refractivity contribution is -0.161. The SMILES string of the molecule is CCCCC/C=C\C/C=C\CCCCCCCC(=O)OC[C@H](COP(=O)(O)OC[C@H](O)COP(=O)(O)OC[C@@H](COC(=O)CCCCCCCCCCCCCCC)OC(=O)CCCCCCC/C=C\C/C=C\CCCCC)OC(=O)CCCCCCCCCCCCCCCCCCC. The molecular weight excluding hydrogens is 1310 g/mol. The summed E-state index contributed by atoms with van der Waals surface area (Å²) in [6.45, 7) is 4.89. The first-order valence-electron chi connectivity index (χ1n) is 40.9. The van der Waals surface area contributed by atoms with Crippen molar-refractivity contribution in [2.75, 3.05) is 39.6 Å². The Kier molecular flexibility index (Phi) is 72.1. The van der Waals surface area contributed by atoms with Crippen LogP contribution in [-0.2, 0) is 65.4 Å². The van der Waals surface area contributed by atoms with Gasteiger partial charge in [0.15, 0.2) is 12.2 Å². The number of allylic oxidation sites excluding steroid dienone is 8. The average molecular weight is 1460 g/mol. The summed E-state index contributed by atoms with van der Waals surface area (Å²) >= 11 is 0. The maximum absolute atomic E-state index is 13.1. The van der Waals surface area contributed by atoms with Crippen molar-refractivity contribution in [2.45, 2.75) is 406 Å². The zero-order valence-corrected chi connectivity index (χ0v) is 65.9. The van der Waals surface area contributed by atoms with E-state index in [1.54, 1.807) is 0 Å². The first kappa shape index (κ1) is 97.0. The Balaban J connectivity index is 5.33. The fourth-order valence-electron chi connectivity index (χ4n) is 11.5. The van der Waals surface area contributed by atoms with Crippen molar-refractivity contribution < 1.29 is 80.2 Å². The smallest absolute Gasteiger partial charge is 0.462 e. The summed E-state index contributed by atoms with van der Waals surface area (Å²) in [5.41, 5.74) is 0. The molecule has 0 amide bonds. The van der Waals surface area contributed by atoms with E-state index in [2.05, 4.69) is 76.3 Å². The van der Waals surface area contributed by atoms with E-state index in [0.717, 1.165) is 135 Å². The number of carbonyl (C=O) groups excluding carboxylic acids is 4. The number of ether oxygens (including phenoxy) is 4. The molecule has 0 spiro atoms. The van der Waals surface area contributed by atoms with Crippen LogP contribution in [0.15, 0.2) is 48.6 Å². The van der Waals surface area contributed by atoms with E-state index >= 15 is 0 Å². The van der Waals surface area contributed by atoms with E-state index in [4.69, 9.17) is 37.0 Å². The Morgan fingerprint density at radius 1 is 0.280 bits per heavy atom. The van der Waals surface area contributed by atoms with Crippen molar-refractivity contribution in [3.63, 3.8) is 0 Å². The van der Waals surface area contributed by atoms with E-state index in [-0.39, 0.29) is 25.7 Å². The lowest BCUT2D eigenvalue weighted by Crippen LogP contribution is -2.30. The lowest BCUT2D eigenvalue weighted by Gasteiger charge is -2.21. The van der Waals surface area contributed by atoms with Gasteiger partial charge in [-0.25, -0.2) is 9.13 Å². The summed E-state index contributed by atoms with van der Waals surface area (Å²) in [5, 5.41) is 10.6. The molecule has 586 valence electrons. The van der Waals surface area contributed by atoms with Crippen LogP contribution in [0.4, 0.5) is 0 Å². The Bertz CT molecular complexity index is 2080. The van der Waals surface area contributed by atoms with Gasteiger partial charge in [-0.2, -0.15) is 0 Å². The maximum atomic E-state index is 13.1. The Hall–Kier alpha value is -2.98. The van der Waals surface area contributed by atoms with Gasteiger partial charge in [0, 0.05) is 25.7 Å². The minimum atomic E-state index is -4.97. The average Bonchev–Trinajstić information content (AvgIpc) is 0.933. The van der Waals surface area contributed by atoms with Gasteiger partial charge in [-0.3, -0.25) is 37.3 Å². The summed E-state index contributed by atoms with van der Waals surface area (Å²) in [7, 11) is -9.94. The lowest BCUT2D eigenvalue weighted by atomic mass is 10.0. The molecule has 0 aliphatic heterocycles. The topological polar surface area (TPSA) is 237 Å². The molecule has 0 aliphatic carbocycles. The minimum Gasteiger partial charge on any atom is -0.462 e. The number of carbonyl (C=O) groups is 4. The van der Waals surface area contributed by atoms with Crippen LogP contribution < -0.4 is 0 Å². The second kappa shape index (κ2) is 74.3. The summed E-state index contributed by atoms with van der Waals surface area (Å²) in [6.07, 6.45) is 72.2. The van der Waals surface area contributed by atoms with Crippen LogP contribution in [0.5, 0.6) is 0 Å². The van der Waals surface area contributed by atoms with Gasteiger partial charge in [-0.05, 0) is 89.9 Å². The molecular formula is C81H150O17P2. The first-order valence-corrected chi connectivity index (χ1v) is 43.9. The predicted octanol–water partition coefficient (Wildman–Crippen LogP) is 23.7. The molecule has 19 heteroatoms. The van der Waals surface area contributed by atoms with Crippen LogP contribution in [-0.4, -0.2) is 96.7 Å². The highest BCUT2D eigenvalue weighted by Crippen LogP contribution is 2.45. The van der Waals surface area contributed by atoms with Gasteiger partial charge in [-0.15, -0.1) is 0 Å². The normalized spacial score (nSPS) is 14.1. The van der Waals surface area contributed by atoms with Crippen LogP contribution >= 0.6 is 15.6 Å². The molecule has 0 aromatic rings. The number of unbranched alkanes of at least 4 members (excludes halogenated alkanes) is 44. The Labute approximate surface area is 610 Å². The fraction of sp³-hybridized carbons (Fsp3) is 0.852. The van der Waals surface area contributed by atoms with Crippen molar-refractivity contribution in [3.05, 3.63) is 48.6 Å². The second-order valence-corrected chi connectivity index (χ2v) is 30.6. The van der Waals surface area contributed by atoms with E-state index in [1.807, 2.05) is 0 Å². The van der Waals surface area contributed by atoms with Crippen LogP contribution in [0, 0.1) is 0 Å². The standard InChI is InChI=1S/C81H150O17P2/c1-5-9-13-17-21-25-29-33-36-37-40-44-48-52-56-60-64-68-81(86)98-77(72-92-79(84)66-62-58-54-50-46-42-38-34-30-26-22-18-14-10-6-2)74-96-100(89,90)94-70-75(82)69-93-99(87,88)95-73-76(71-91-78(83)65-61-57-53-49-45-41-32-28-24-20-16-12-8-4)97-80(85)67-63-59-55-51-47-43-39-35-31-27-23-19-15-11-7-3/h22-23,26-27,34-35,38-39,75-77,82H,5-21,24-25,28-33,36-37,40-74H2,1-4H3,(H,87,88)(H,89,90)/b26-22-,27-23-,38-34-,39-35-/t75-,76-,77-/m1/s1. The molecule has 0 radical (unpaired) electrons. The van der Waals surface area contributed by atoms with E-state index in [0.29, 0.717) is 25.7 Å². The Morgan fingerprint density at radius 2 is 0.490 bits per heavy atom. The number of rotatable bonds is 78. The summed E-state index contributed by atoms with van der Waals surface area (Å²) < 4.78 is 68.7. The Morgan fingerprint density at radius 3 is 0.760 bits per heavy atom. The maximum Gasteiger partial charge on any atom is 0.472 e. The third-order valence-electron chi connectivity index (χ3n) is 17.8. The zero-order valence-electron chi connectivity index (χ0n) is 64.1. The largest absolute Gasteiger partial charge is 0.472 e. The third-order valence-corrected chi connectivity index (χ3v) is 19.7. The van der Waals surface area contributed by atoms with Crippen molar-refractivity contribution in [1.82, 2.24) is 0 Å². The minimum absolute atomic E-state index is 0.0852. The number of hydrogen-bond donors (Lipinski definition) is 3. The second-order valence-electron chi connectivity index (χ2n) is 27.7. The molecule has 17 nitrogen and oxygen atoms in total. The van der Waals surface area contributed by atoms with Gasteiger partial charge in [0.2, 0.25) is 0 Å². The number of aliphatic hydroxyl groups is 1. The molecule has 100 heavy (non-hydrogen) atoms. The number of phosphoric ester groups is 2. The molecule has 0 saturated heterocycles. The predicted molar refractivity (Wildman–Crippen MR) is 409 cm³/mol. The zero-order chi connectivity index (χ0) is 73.2. The van der Waals surface area contributed by atoms with Crippen LogP contribution in [0.25, 0.3) is 0 Å². The summed E-state index contributed by atoms with van der Waals surface area (Å²) in [5.74, 6) is -2.16. The summed E-state index contributed by atoms with van der Waals surface area (Å²) in [6, 6.07) is 0. The first-order chi connectivity index (χ1) is 48.7. The molecule has 0 rings (SSSR count). The van der Waals surface area contributed by atoms with Gasteiger partial charge in [-0.1, -0.05) is 320 Å². The van der Waals surface area contributed by atoms with Gasteiger partial charge < -0.3 is 33.8 Å². The third kappa shape index (κ3) is 73.3. The van der Waals surface area contributed by atoms with Gasteiger partial charge >= 0.3 is 39.5 Å². The van der Waals surface area contributed by atoms with E-state index in [1.165, 1.54) is 173 Å². The summed E-state index contributed by atoms with van der Waals surface area (Å²) in [4.78, 5) is 73.0. The van der Waals surface area contributed by atoms with Crippen molar-refractivity contribution in [2.24, 2.45) is 0 Å². The molecule has 2 unspecified atom stereocenters. The molecule has 0 aromatic heterocycles. The molecule has 0 bridgehead atoms. The molecule has 3 N–H and O–H groups in total.